The molecule has 1 saturated carbocycles. The summed E-state index contributed by atoms with van der Waals surface area (Å²) in [5.41, 5.74) is 0.176. The standard InChI is InChI=1S/C11H20ClNO/c12-9-11(4-6-14-7-5-11)13-8-10-2-1-3-10/h10,13H,1-9H2. The fraction of sp³-hybridized carbons (Fsp3) is 1.00. The Hall–Kier alpha value is 0.210. The van der Waals surface area contributed by atoms with E-state index in [4.69, 9.17) is 16.3 Å². The average molecular weight is 218 g/mol. The Morgan fingerprint density at radius 1 is 1.29 bits per heavy atom. The molecule has 1 aliphatic carbocycles. The van der Waals surface area contributed by atoms with E-state index in [2.05, 4.69) is 5.32 Å². The number of alkyl halides is 1. The summed E-state index contributed by atoms with van der Waals surface area (Å²) in [7, 11) is 0. The molecule has 1 aliphatic heterocycles. The van der Waals surface area contributed by atoms with Crippen molar-refractivity contribution in [2.75, 3.05) is 25.6 Å². The lowest BCUT2D eigenvalue weighted by Crippen LogP contribution is -2.52. The molecule has 0 radical (unpaired) electrons. The van der Waals surface area contributed by atoms with Gasteiger partial charge in [-0.3, -0.25) is 0 Å². The van der Waals surface area contributed by atoms with Gasteiger partial charge in [0.25, 0.3) is 0 Å². The van der Waals surface area contributed by atoms with Gasteiger partial charge in [-0.05, 0) is 38.1 Å². The molecule has 0 bridgehead atoms. The third-order valence-electron chi connectivity index (χ3n) is 3.70. The van der Waals surface area contributed by atoms with Gasteiger partial charge < -0.3 is 10.1 Å². The zero-order valence-electron chi connectivity index (χ0n) is 8.73. The van der Waals surface area contributed by atoms with Crippen LogP contribution < -0.4 is 5.32 Å². The molecule has 0 aromatic rings. The third-order valence-corrected chi connectivity index (χ3v) is 4.21. The van der Waals surface area contributed by atoms with Gasteiger partial charge >= 0.3 is 0 Å². The van der Waals surface area contributed by atoms with Gasteiger partial charge in [0.2, 0.25) is 0 Å². The van der Waals surface area contributed by atoms with Crippen molar-refractivity contribution in [3.63, 3.8) is 0 Å². The second-order valence-electron chi connectivity index (χ2n) is 4.70. The summed E-state index contributed by atoms with van der Waals surface area (Å²) in [6, 6.07) is 0. The van der Waals surface area contributed by atoms with Crippen LogP contribution in [0, 0.1) is 5.92 Å². The minimum Gasteiger partial charge on any atom is -0.381 e. The first-order valence-corrected chi connectivity index (χ1v) is 6.27. The lowest BCUT2D eigenvalue weighted by Gasteiger charge is -2.39. The van der Waals surface area contributed by atoms with Gasteiger partial charge in [0.15, 0.2) is 0 Å². The minimum absolute atomic E-state index is 0.176. The SMILES string of the molecule is ClCC1(NCC2CCC2)CCOCC1. The van der Waals surface area contributed by atoms with Gasteiger partial charge in [0, 0.05) is 24.6 Å². The van der Waals surface area contributed by atoms with Crippen LogP contribution in [-0.4, -0.2) is 31.2 Å². The van der Waals surface area contributed by atoms with Crippen molar-refractivity contribution in [3.05, 3.63) is 0 Å². The van der Waals surface area contributed by atoms with Gasteiger partial charge in [0.05, 0.1) is 0 Å². The molecule has 2 fully saturated rings. The van der Waals surface area contributed by atoms with Gasteiger partial charge in [-0.25, -0.2) is 0 Å². The maximum Gasteiger partial charge on any atom is 0.0484 e. The summed E-state index contributed by atoms with van der Waals surface area (Å²) >= 11 is 6.06. The molecule has 0 atom stereocenters. The van der Waals surface area contributed by atoms with Crippen molar-refractivity contribution in [2.45, 2.75) is 37.6 Å². The first-order valence-electron chi connectivity index (χ1n) is 5.73. The number of rotatable bonds is 4. The summed E-state index contributed by atoms with van der Waals surface area (Å²) in [4.78, 5) is 0. The van der Waals surface area contributed by atoms with Crippen LogP contribution in [0.15, 0.2) is 0 Å². The molecule has 0 aromatic carbocycles. The third kappa shape index (κ3) is 2.41. The molecule has 1 heterocycles. The topological polar surface area (TPSA) is 21.3 Å². The van der Waals surface area contributed by atoms with E-state index in [1.807, 2.05) is 0 Å². The fourth-order valence-corrected chi connectivity index (χ4v) is 2.54. The molecule has 0 aromatic heterocycles. The largest absolute Gasteiger partial charge is 0.381 e. The molecule has 2 rings (SSSR count). The average Bonchev–Trinajstić information content (AvgIpc) is 2.17. The molecule has 2 nitrogen and oxygen atoms in total. The maximum absolute atomic E-state index is 6.06. The van der Waals surface area contributed by atoms with Gasteiger partial charge in [0.1, 0.15) is 0 Å². The van der Waals surface area contributed by atoms with E-state index < -0.39 is 0 Å². The minimum atomic E-state index is 0.176. The Bertz CT molecular complexity index is 176. The number of halogens is 1. The molecule has 3 heteroatoms. The van der Waals surface area contributed by atoms with E-state index in [9.17, 15) is 0 Å². The van der Waals surface area contributed by atoms with Crippen LogP contribution in [-0.2, 0) is 4.74 Å². The summed E-state index contributed by atoms with van der Waals surface area (Å²) in [6.07, 6.45) is 6.37. The van der Waals surface area contributed by atoms with Crippen LogP contribution in [0.4, 0.5) is 0 Å². The van der Waals surface area contributed by atoms with E-state index in [-0.39, 0.29) is 5.54 Å². The molecular formula is C11H20ClNO. The molecule has 0 spiro atoms. The smallest absolute Gasteiger partial charge is 0.0484 e. The summed E-state index contributed by atoms with van der Waals surface area (Å²) < 4.78 is 5.38. The Kier molecular flexibility index (Phi) is 3.69. The molecule has 2 aliphatic rings. The van der Waals surface area contributed by atoms with Crippen LogP contribution in [0.2, 0.25) is 0 Å². The van der Waals surface area contributed by atoms with Crippen LogP contribution in [0.3, 0.4) is 0 Å². The molecular weight excluding hydrogens is 198 g/mol. The van der Waals surface area contributed by atoms with E-state index >= 15 is 0 Å². The maximum atomic E-state index is 6.06. The van der Waals surface area contributed by atoms with E-state index in [1.54, 1.807) is 0 Å². The van der Waals surface area contributed by atoms with Crippen molar-refractivity contribution in [1.82, 2.24) is 5.32 Å². The number of nitrogens with one attached hydrogen (secondary N) is 1. The van der Waals surface area contributed by atoms with E-state index in [0.717, 1.165) is 44.4 Å². The van der Waals surface area contributed by atoms with Gasteiger partial charge in [-0.15, -0.1) is 11.6 Å². The highest BCUT2D eigenvalue weighted by Crippen LogP contribution is 2.28. The molecule has 1 saturated heterocycles. The predicted molar refractivity (Wildman–Crippen MR) is 58.8 cm³/mol. The van der Waals surface area contributed by atoms with Crippen LogP contribution in [0.1, 0.15) is 32.1 Å². The molecule has 1 N–H and O–H groups in total. The molecule has 82 valence electrons. The monoisotopic (exact) mass is 217 g/mol. The number of hydrogen-bond donors (Lipinski definition) is 1. The highest BCUT2D eigenvalue weighted by molar-refractivity contribution is 6.18. The first-order chi connectivity index (χ1) is 6.85. The van der Waals surface area contributed by atoms with E-state index in [1.165, 1.54) is 19.3 Å². The Labute approximate surface area is 91.3 Å². The predicted octanol–water partition coefficient (Wildman–Crippen LogP) is 2.16. The van der Waals surface area contributed by atoms with Gasteiger partial charge in [-0.1, -0.05) is 6.42 Å². The highest BCUT2D eigenvalue weighted by atomic mass is 35.5. The Balaban J connectivity index is 1.77. The molecule has 14 heavy (non-hydrogen) atoms. The lowest BCUT2D eigenvalue weighted by molar-refractivity contribution is 0.0433. The quantitative estimate of drug-likeness (QED) is 0.729. The number of ether oxygens (including phenoxy) is 1. The zero-order chi connectivity index (χ0) is 9.86. The van der Waals surface area contributed by atoms with E-state index in [0.29, 0.717) is 0 Å². The van der Waals surface area contributed by atoms with Crippen molar-refractivity contribution in [3.8, 4) is 0 Å². The Morgan fingerprint density at radius 2 is 2.00 bits per heavy atom. The van der Waals surface area contributed by atoms with Crippen molar-refractivity contribution >= 4 is 11.6 Å². The van der Waals surface area contributed by atoms with Crippen LogP contribution in [0.25, 0.3) is 0 Å². The van der Waals surface area contributed by atoms with Crippen molar-refractivity contribution < 1.29 is 4.74 Å². The molecule has 0 amide bonds. The zero-order valence-corrected chi connectivity index (χ0v) is 9.48. The Morgan fingerprint density at radius 3 is 2.50 bits per heavy atom. The van der Waals surface area contributed by atoms with Crippen molar-refractivity contribution in [2.24, 2.45) is 5.92 Å². The van der Waals surface area contributed by atoms with Crippen LogP contribution >= 0.6 is 11.6 Å². The normalized spacial score (nSPS) is 27.2. The van der Waals surface area contributed by atoms with Crippen molar-refractivity contribution in [1.29, 1.82) is 0 Å². The lowest BCUT2D eigenvalue weighted by atomic mass is 9.84. The fourth-order valence-electron chi connectivity index (χ4n) is 2.18. The second kappa shape index (κ2) is 4.82. The van der Waals surface area contributed by atoms with Gasteiger partial charge in [-0.2, -0.15) is 0 Å². The number of hydrogen-bond acceptors (Lipinski definition) is 2. The first kappa shape index (κ1) is 10.7. The van der Waals surface area contributed by atoms with Crippen LogP contribution in [0.5, 0.6) is 0 Å². The second-order valence-corrected chi connectivity index (χ2v) is 4.97. The highest BCUT2D eigenvalue weighted by Gasteiger charge is 2.32. The summed E-state index contributed by atoms with van der Waals surface area (Å²) in [5.74, 6) is 1.64. The molecule has 0 unspecified atom stereocenters. The summed E-state index contributed by atoms with van der Waals surface area (Å²) in [5, 5.41) is 3.67. The summed E-state index contributed by atoms with van der Waals surface area (Å²) in [6.45, 7) is 2.89.